The Morgan fingerprint density at radius 1 is 1.00 bits per heavy atom. The van der Waals surface area contributed by atoms with Gasteiger partial charge in [-0.15, -0.1) is 0 Å². The van der Waals surface area contributed by atoms with Crippen molar-refractivity contribution < 1.29 is 29.3 Å². The average Bonchev–Trinajstić information content (AvgIpc) is 2.77. The van der Waals surface area contributed by atoms with Gasteiger partial charge in [0.1, 0.15) is 18.0 Å². The topological polar surface area (TPSA) is 96.3 Å². The van der Waals surface area contributed by atoms with Crippen LogP contribution in [0.15, 0.2) is 60.7 Å². The molecule has 9 heteroatoms. The number of benzene rings is 3. The number of aliphatic carboxylic acids is 1. The van der Waals surface area contributed by atoms with Crippen LogP contribution >= 0.6 is 23.2 Å². The zero-order valence-corrected chi connectivity index (χ0v) is 19.1. The van der Waals surface area contributed by atoms with E-state index in [4.69, 9.17) is 37.8 Å². The largest absolute Gasteiger partial charge is 0.508 e. The van der Waals surface area contributed by atoms with Gasteiger partial charge >= 0.3 is 12.1 Å². The van der Waals surface area contributed by atoms with Crippen LogP contribution in [0.2, 0.25) is 10.0 Å². The standard InChI is InChI=1S/C24H21Cl2NO6/c1-2-32-24(31)27(14-22(29)30)17-12-19(25)23(20(26)13-17)33-18-8-9-21(28)16(11-18)10-15-6-4-3-5-7-15/h3-9,11-13,28H,2,10,14H2,1H3,(H,29,30). The molecule has 0 aliphatic carbocycles. The fourth-order valence-corrected chi connectivity index (χ4v) is 3.65. The minimum absolute atomic E-state index is 0.0647. The monoisotopic (exact) mass is 489 g/mol. The molecule has 3 aromatic rings. The van der Waals surface area contributed by atoms with Crippen molar-refractivity contribution in [3.8, 4) is 17.2 Å². The molecule has 2 N–H and O–H groups in total. The van der Waals surface area contributed by atoms with Gasteiger partial charge in [-0.1, -0.05) is 53.5 Å². The SMILES string of the molecule is CCOC(=O)N(CC(=O)O)c1cc(Cl)c(Oc2ccc(O)c(Cc3ccccc3)c2)c(Cl)c1. The van der Waals surface area contributed by atoms with Gasteiger partial charge in [-0.2, -0.15) is 0 Å². The molecule has 0 heterocycles. The Kier molecular flexibility index (Phi) is 8.03. The number of carbonyl (C=O) groups is 2. The summed E-state index contributed by atoms with van der Waals surface area (Å²) in [6.45, 7) is 1.05. The smallest absolute Gasteiger partial charge is 0.414 e. The first-order valence-corrected chi connectivity index (χ1v) is 10.7. The molecule has 0 radical (unpaired) electrons. The summed E-state index contributed by atoms with van der Waals surface area (Å²) in [6, 6.07) is 17.1. The molecule has 0 saturated heterocycles. The Labute approximate surface area is 200 Å². The van der Waals surface area contributed by atoms with Crippen LogP contribution in [0.5, 0.6) is 17.2 Å². The zero-order chi connectivity index (χ0) is 24.0. The van der Waals surface area contributed by atoms with Crippen molar-refractivity contribution in [2.75, 3.05) is 18.1 Å². The van der Waals surface area contributed by atoms with Crippen LogP contribution in [-0.4, -0.2) is 35.4 Å². The maximum Gasteiger partial charge on any atom is 0.414 e. The predicted molar refractivity (Wildman–Crippen MR) is 126 cm³/mol. The molecule has 0 aliphatic heterocycles. The molecule has 1 amide bonds. The van der Waals surface area contributed by atoms with Gasteiger partial charge in [0.25, 0.3) is 0 Å². The Hall–Kier alpha value is -3.42. The minimum atomic E-state index is -1.23. The third-order valence-electron chi connectivity index (χ3n) is 4.58. The number of hydrogen-bond donors (Lipinski definition) is 2. The number of halogens is 2. The van der Waals surface area contributed by atoms with Crippen LogP contribution in [0, 0.1) is 0 Å². The second-order valence-corrected chi connectivity index (χ2v) is 7.79. The number of carboxylic acids is 1. The summed E-state index contributed by atoms with van der Waals surface area (Å²) in [6.07, 6.45) is -0.349. The maximum atomic E-state index is 12.2. The molecule has 0 fully saturated rings. The summed E-state index contributed by atoms with van der Waals surface area (Å²) in [4.78, 5) is 24.3. The van der Waals surface area contributed by atoms with Crippen molar-refractivity contribution >= 4 is 41.0 Å². The van der Waals surface area contributed by atoms with E-state index in [2.05, 4.69) is 0 Å². The molecular formula is C24H21Cl2NO6. The number of anilines is 1. The summed E-state index contributed by atoms with van der Waals surface area (Å²) < 4.78 is 10.8. The van der Waals surface area contributed by atoms with Crippen LogP contribution in [0.1, 0.15) is 18.1 Å². The number of carboxylic acid groups (broad SMARTS) is 1. The molecule has 172 valence electrons. The number of phenolic OH excluding ortho intramolecular Hbond substituents is 1. The Bertz CT molecular complexity index is 1130. The van der Waals surface area contributed by atoms with E-state index in [1.807, 2.05) is 30.3 Å². The lowest BCUT2D eigenvalue weighted by Crippen LogP contribution is -2.36. The van der Waals surface area contributed by atoms with E-state index in [0.29, 0.717) is 17.7 Å². The maximum absolute atomic E-state index is 12.2. The van der Waals surface area contributed by atoms with Gasteiger partial charge in [0.15, 0.2) is 5.75 Å². The molecule has 33 heavy (non-hydrogen) atoms. The van der Waals surface area contributed by atoms with Gasteiger partial charge in [-0.25, -0.2) is 4.79 Å². The van der Waals surface area contributed by atoms with Crippen LogP contribution < -0.4 is 9.64 Å². The number of phenols is 1. The second kappa shape index (κ2) is 10.9. The van der Waals surface area contributed by atoms with Crippen molar-refractivity contribution in [1.29, 1.82) is 0 Å². The van der Waals surface area contributed by atoms with E-state index in [-0.39, 0.29) is 33.8 Å². The quantitative estimate of drug-likeness (QED) is 0.395. The third-order valence-corrected chi connectivity index (χ3v) is 5.15. The number of aromatic hydroxyl groups is 1. The van der Waals surface area contributed by atoms with Gasteiger partial charge in [0, 0.05) is 12.0 Å². The normalized spacial score (nSPS) is 10.5. The van der Waals surface area contributed by atoms with Gasteiger partial charge in [0.2, 0.25) is 0 Å². The van der Waals surface area contributed by atoms with E-state index in [9.17, 15) is 14.7 Å². The molecule has 0 bridgehead atoms. The van der Waals surface area contributed by atoms with Crippen molar-refractivity contribution in [1.82, 2.24) is 0 Å². The van der Waals surface area contributed by atoms with E-state index < -0.39 is 18.6 Å². The number of amides is 1. The third kappa shape index (κ3) is 6.31. The summed E-state index contributed by atoms with van der Waals surface area (Å²) in [5, 5.41) is 19.5. The zero-order valence-electron chi connectivity index (χ0n) is 17.6. The highest BCUT2D eigenvalue weighted by Crippen LogP contribution is 2.40. The fraction of sp³-hybridized carbons (Fsp3) is 0.167. The lowest BCUT2D eigenvalue weighted by molar-refractivity contribution is -0.135. The average molecular weight is 490 g/mol. The highest BCUT2D eigenvalue weighted by Gasteiger charge is 2.23. The number of ether oxygens (including phenoxy) is 2. The molecule has 0 aliphatic rings. The van der Waals surface area contributed by atoms with Crippen LogP contribution in [0.25, 0.3) is 0 Å². The predicted octanol–water partition coefficient (Wildman–Crippen LogP) is 6.13. The summed E-state index contributed by atoms with van der Waals surface area (Å²) >= 11 is 12.7. The molecule has 0 saturated carbocycles. The lowest BCUT2D eigenvalue weighted by Gasteiger charge is -2.21. The summed E-state index contributed by atoms with van der Waals surface area (Å²) in [7, 11) is 0. The first-order chi connectivity index (χ1) is 15.8. The first kappa shape index (κ1) is 24.2. The molecular weight excluding hydrogens is 469 g/mol. The molecule has 0 aromatic heterocycles. The van der Waals surface area contributed by atoms with Crippen molar-refractivity contribution in [3.63, 3.8) is 0 Å². The second-order valence-electron chi connectivity index (χ2n) is 6.97. The van der Waals surface area contributed by atoms with Crippen LogP contribution in [0.4, 0.5) is 10.5 Å². The van der Waals surface area contributed by atoms with Gasteiger partial charge < -0.3 is 19.7 Å². The molecule has 3 rings (SSSR count). The van der Waals surface area contributed by atoms with Crippen LogP contribution in [-0.2, 0) is 16.0 Å². The van der Waals surface area contributed by atoms with Crippen LogP contribution in [0.3, 0.4) is 0 Å². The van der Waals surface area contributed by atoms with E-state index in [1.54, 1.807) is 19.1 Å². The molecule has 0 spiro atoms. The van der Waals surface area contributed by atoms with Crippen molar-refractivity contribution in [2.45, 2.75) is 13.3 Å². The minimum Gasteiger partial charge on any atom is -0.508 e. The Morgan fingerprint density at radius 3 is 2.27 bits per heavy atom. The van der Waals surface area contributed by atoms with Crippen molar-refractivity contribution in [2.24, 2.45) is 0 Å². The number of hydrogen-bond acceptors (Lipinski definition) is 5. The van der Waals surface area contributed by atoms with E-state index in [0.717, 1.165) is 10.5 Å². The van der Waals surface area contributed by atoms with E-state index in [1.165, 1.54) is 18.2 Å². The first-order valence-electron chi connectivity index (χ1n) is 9.97. The molecule has 0 atom stereocenters. The van der Waals surface area contributed by atoms with E-state index >= 15 is 0 Å². The number of rotatable bonds is 8. The summed E-state index contributed by atoms with van der Waals surface area (Å²) in [5.74, 6) is -0.594. The molecule has 7 nitrogen and oxygen atoms in total. The number of carbonyl (C=O) groups excluding carboxylic acids is 1. The lowest BCUT2D eigenvalue weighted by atomic mass is 10.0. The highest BCUT2D eigenvalue weighted by molar-refractivity contribution is 6.37. The molecule has 0 unspecified atom stereocenters. The fourth-order valence-electron chi connectivity index (χ4n) is 3.10. The van der Waals surface area contributed by atoms with Crippen molar-refractivity contribution in [3.05, 3.63) is 81.8 Å². The van der Waals surface area contributed by atoms with Gasteiger partial charge in [-0.05, 0) is 42.8 Å². The van der Waals surface area contributed by atoms with Gasteiger partial charge in [-0.3, -0.25) is 9.69 Å². The van der Waals surface area contributed by atoms with Gasteiger partial charge in [0.05, 0.1) is 22.3 Å². The Morgan fingerprint density at radius 2 is 1.67 bits per heavy atom. The highest BCUT2D eigenvalue weighted by atomic mass is 35.5. The molecule has 3 aromatic carbocycles. The summed E-state index contributed by atoms with van der Waals surface area (Å²) in [5.41, 5.74) is 1.81. The Balaban J connectivity index is 1.88. The number of nitrogens with zero attached hydrogens (tertiary/aromatic N) is 1.